The fourth-order valence-electron chi connectivity index (χ4n) is 2.05. The number of rotatable bonds is 4. The third kappa shape index (κ3) is 3.35. The number of benzene rings is 2. The van der Waals surface area contributed by atoms with Crippen LogP contribution >= 0.6 is 0 Å². The minimum Gasteiger partial charge on any atom is -0.399 e. The van der Waals surface area contributed by atoms with Gasteiger partial charge in [-0.3, -0.25) is 0 Å². The van der Waals surface area contributed by atoms with Crippen LogP contribution in [0.25, 0.3) is 0 Å². The van der Waals surface area contributed by atoms with Crippen molar-refractivity contribution in [1.82, 2.24) is 0 Å². The van der Waals surface area contributed by atoms with Crippen molar-refractivity contribution >= 4 is 5.69 Å². The Hall–Kier alpha value is -1.76. The second-order valence-corrected chi connectivity index (χ2v) is 4.49. The van der Waals surface area contributed by atoms with E-state index in [9.17, 15) is 0 Å². The molecule has 0 aliphatic rings. The lowest BCUT2D eigenvalue weighted by Crippen LogP contribution is -1.91. The minimum absolute atomic E-state index is 0.838. The smallest absolute Gasteiger partial charge is 0.0316 e. The summed E-state index contributed by atoms with van der Waals surface area (Å²) in [5.41, 5.74) is 10.6. The average molecular weight is 225 g/mol. The van der Waals surface area contributed by atoms with Gasteiger partial charge < -0.3 is 5.73 Å². The lowest BCUT2D eigenvalue weighted by molar-refractivity contribution is 0.920. The number of hydrogen-bond acceptors (Lipinski definition) is 1. The fraction of sp³-hybridized carbons (Fsp3) is 0.250. The molecule has 0 amide bonds. The first-order chi connectivity index (χ1) is 8.28. The molecular formula is C16H19N. The molecule has 1 heteroatoms. The molecule has 17 heavy (non-hydrogen) atoms. The average Bonchev–Trinajstić information content (AvgIpc) is 2.32. The van der Waals surface area contributed by atoms with E-state index in [2.05, 4.69) is 37.3 Å². The topological polar surface area (TPSA) is 26.0 Å². The first kappa shape index (κ1) is 11.7. The van der Waals surface area contributed by atoms with Gasteiger partial charge in [-0.2, -0.15) is 0 Å². The van der Waals surface area contributed by atoms with E-state index >= 15 is 0 Å². The monoisotopic (exact) mass is 225 g/mol. The van der Waals surface area contributed by atoms with E-state index in [-0.39, 0.29) is 0 Å². The molecule has 0 heterocycles. The summed E-state index contributed by atoms with van der Waals surface area (Å²) in [6, 6.07) is 17.0. The summed E-state index contributed by atoms with van der Waals surface area (Å²) < 4.78 is 0. The standard InChI is InChI=1S/C16H19N/c1-2-4-13-7-9-14(10-8-13)11-15-5-3-6-16(17)12-15/h3,5-10,12H,2,4,11,17H2,1H3. The van der Waals surface area contributed by atoms with E-state index in [0.29, 0.717) is 0 Å². The van der Waals surface area contributed by atoms with Gasteiger partial charge in [0.05, 0.1) is 0 Å². The number of hydrogen-bond donors (Lipinski definition) is 1. The number of nitrogen functional groups attached to an aromatic ring is 1. The van der Waals surface area contributed by atoms with Gasteiger partial charge in [0.15, 0.2) is 0 Å². The third-order valence-corrected chi connectivity index (χ3v) is 2.92. The molecule has 2 rings (SSSR count). The van der Waals surface area contributed by atoms with Crippen molar-refractivity contribution in [3.63, 3.8) is 0 Å². The quantitative estimate of drug-likeness (QED) is 0.787. The van der Waals surface area contributed by atoms with Gasteiger partial charge in [-0.05, 0) is 41.7 Å². The Labute approximate surface area is 103 Å². The van der Waals surface area contributed by atoms with Crippen LogP contribution in [-0.4, -0.2) is 0 Å². The molecule has 88 valence electrons. The molecule has 0 saturated heterocycles. The van der Waals surface area contributed by atoms with E-state index in [1.165, 1.54) is 29.5 Å². The predicted molar refractivity (Wildman–Crippen MR) is 74.1 cm³/mol. The summed E-state index contributed by atoms with van der Waals surface area (Å²) in [6.45, 7) is 2.21. The van der Waals surface area contributed by atoms with Crippen LogP contribution < -0.4 is 5.73 Å². The van der Waals surface area contributed by atoms with Crippen LogP contribution in [0.3, 0.4) is 0 Å². The van der Waals surface area contributed by atoms with Gasteiger partial charge in [0, 0.05) is 5.69 Å². The Bertz CT molecular complexity index is 471. The molecule has 0 saturated carbocycles. The highest BCUT2D eigenvalue weighted by Gasteiger charge is 1.97. The van der Waals surface area contributed by atoms with Crippen LogP contribution in [0.2, 0.25) is 0 Å². The van der Waals surface area contributed by atoms with Gasteiger partial charge in [-0.1, -0.05) is 49.7 Å². The van der Waals surface area contributed by atoms with Crippen molar-refractivity contribution < 1.29 is 0 Å². The van der Waals surface area contributed by atoms with E-state index in [1.807, 2.05) is 18.2 Å². The molecule has 0 unspecified atom stereocenters. The Morgan fingerprint density at radius 2 is 1.59 bits per heavy atom. The summed E-state index contributed by atoms with van der Waals surface area (Å²) >= 11 is 0. The van der Waals surface area contributed by atoms with Crippen LogP contribution in [-0.2, 0) is 12.8 Å². The highest BCUT2D eigenvalue weighted by molar-refractivity contribution is 5.42. The largest absolute Gasteiger partial charge is 0.399 e. The molecule has 0 aliphatic carbocycles. The van der Waals surface area contributed by atoms with E-state index < -0.39 is 0 Å². The van der Waals surface area contributed by atoms with Gasteiger partial charge in [0.2, 0.25) is 0 Å². The first-order valence-corrected chi connectivity index (χ1v) is 6.20. The van der Waals surface area contributed by atoms with Crippen LogP contribution in [0.4, 0.5) is 5.69 Å². The van der Waals surface area contributed by atoms with E-state index in [0.717, 1.165) is 12.1 Å². The minimum atomic E-state index is 0.838. The number of anilines is 1. The van der Waals surface area contributed by atoms with Gasteiger partial charge in [0.25, 0.3) is 0 Å². The molecule has 0 aromatic heterocycles. The molecular weight excluding hydrogens is 206 g/mol. The normalized spacial score (nSPS) is 10.4. The zero-order valence-electron chi connectivity index (χ0n) is 10.3. The molecule has 0 aliphatic heterocycles. The molecule has 2 N–H and O–H groups in total. The third-order valence-electron chi connectivity index (χ3n) is 2.92. The molecule has 0 spiro atoms. The molecule has 0 fully saturated rings. The van der Waals surface area contributed by atoms with Crippen molar-refractivity contribution in [2.24, 2.45) is 0 Å². The SMILES string of the molecule is CCCc1ccc(Cc2cccc(N)c2)cc1. The highest BCUT2D eigenvalue weighted by atomic mass is 14.5. The molecule has 1 nitrogen and oxygen atoms in total. The summed E-state index contributed by atoms with van der Waals surface area (Å²) in [4.78, 5) is 0. The Morgan fingerprint density at radius 3 is 2.24 bits per heavy atom. The highest BCUT2D eigenvalue weighted by Crippen LogP contribution is 2.14. The molecule has 2 aromatic rings. The Balaban J connectivity index is 2.08. The van der Waals surface area contributed by atoms with Crippen LogP contribution in [0, 0.1) is 0 Å². The fourth-order valence-corrected chi connectivity index (χ4v) is 2.05. The lowest BCUT2D eigenvalue weighted by atomic mass is 10.0. The van der Waals surface area contributed by atoms with Gasteiger partial charge in [0.1, 0.15) is 0 Å². The van der Waals surface area contributed by atoms with Gasteiger partial charge in [-0.15, -0.1) is 0 Å². The van der Waals surface area contributed by atoms with E-state index in [4.69, 9.17) is 5.73 Å². The van der Waals surface area contributed by atoms with Crippen molar-refractivity contribution in [2.45, 2.75) is 26.2 Å². The van der Waals surface area contributed by atoms with Crippen molar-refractivity contribution in [3.8, 4) is 0 Å². The maximum Gasteiger partial charge on any atom is 0.0316 e. The number of aryl methyl sites for hydroxylation is 1. The van der Waals surface area contributed by atoms with Crippen LogP contribution in [0.15, 0.2) is 48.5 Å². The lowest BCUT2D eigenvalue weighted by Gasteiger charge is -2.04. The van der Waals surface area contributed by atoms with Crippen molar-refractivity contribution in [1.29, 1.82) is 0 Å². The maximum atomic E-state index is 5.78. The van der Waals surface area contributed by atoms with Crippen LogP contribution in [0.5, 0.6) is 0 Å². The first-order valence-electron chi connectivity index (χ1n) is 6.20. The Kier molecular flexibility index (Phi) is 3.81. The summed E-state index contributed by atoms with van der Waals surface area (Å²) in [6.07, 6.45) is 3.32. The van der Waals surface area contributed by atoms with Crippen molar-refractivity contribution in [2.75, 3.05) is 5.73 Å². The predicted octanol–water partition coefficient (Wildman–Crippen LogP) is 3.81. The zero-order valence-corrected chi connectivity index (χ0v) is 10.3. The van der Waals surface area contributed by atoms with E-state index in [1.54, 1.807) is 0 Å². The molecule has 0 radical (unpaired) electrons. The second-order valence-electron chi connectivity index (χ2n) is 4.49. The van der Waals surface area contributed by atoms with Crippen LogP contribution in [0.1, 0.15) is 30.0 Å². The van der Waals surface area contributed by atoms with Gasteiger partial charge >= 0.3 is 0 Å². The number of nitrogens with two attached hydrogens (primary N) is 1. The molecule has 0 bridgehead atoms. The molecule has 2 aromatic carbocycles. The van der Waals surface area contributed by atoms with Crippen molar-refractivity contribution in [3.05, 3.63) is 65.2 Å². The molecule has 0 atom stereocenters. The Morgan fingerprint density at radius 1 is 0.882 bits per heavy atom. The van der Waals surface area contributed by atoms with Gasteiger partial charge in [-0.25, -0.2) is 0 Å². The zero-order chi connectivity index (χ0) is 12.1. The summed E-state index contributed by atoms with van der Waals surface area (Å²) in [5, 5.41) is 0. The maximum absolute atomic E-state index is 5.78. The summed E-state index contributed by atoms with van der Waals surface area (Å²) in [5.74, 6) is 0. The summed E-state index contributed by atoms with van der Waals surface area (Å²) in [7, 11) is 0. The second kappa shape index (κ2) is 5.53.